The summed E-state index contributed by atoms with van der Waals surface area (Å²) in [7, 11) is 0. The highest BCUT2D eigenvalue weighted by atomic mass is 32.2. The number of nitrogen functional groups attached to an aromatic ring is 2. The predicted octanol–water partition coefficient (Wildman–Crippen LogP) is 1.06. The van der Waals surface area contributed by atoms with Crippen LogP contribution in [0.3, 0.4) is 0 Å². The van der Waals surface area contributed by atoms with E-state index in [2.05, 4.69) is 30.0 Å². The standard InChI is InChI=1S/C18H22FN9OS/c19-13-3-1-12(2-4-13)15-25-26-18(28(15)6-5-27-7-9-29-10-8-27)30-11-14-22-16(20)24-17(21)23-14/h1-4H,5-11H2,(H4,20,21,22,23,24). The quantitative estimate of drug-likeness (QED) is 0.523. The minimum absolute atomic E-state index is 0.0823. The molecule has 30 heavy (non-hydrogen) atoms. The fraction of sp³-hybridized carbons (Fsp3) is 0.389. The monoisotopic (exact) mass is 431 g/mol. The van der Waals surface area contributed by atoms with Crippen molar-refractivity contribution in [1.82, 2.24) is 34.6 Å². The Morgan fingerprint density at radius 3 is 2.37 bits per heavy atom. The second-order valence-electron chi connectivity index (χ2n) is 6.68. The minimum atomic E-state index is -0.294. The van der Waals surface area contributed by atoms with Gasteiger partial charge in [0.1, 0.15) is 11.6 Å². The number of aromatic nitrogens is 6. The van der Waals surface area contributed by atoms with Crippen molar-refractivity contribution in [1.29, 1.82) is 0 Å². The van der Waals surface area contributed by atoms with Crippen LogP contribution in [-0.2, 0) is 17.0 Å². The molecule has 1 aliphatic rings. The zero-order valence-electron chi connectivity index (χ0n) is 16.2. The van der Waals surface area contributed by atoms with Crippen molar-refractivity contribution >= 4 is 23.7 Å². The molecule has 1 aliphatic heterocycles. The summed E-state index contributed by atoms with van der Waals surface area (Å²) < 4.78 is 20.8. The zero-order valence-corrected chi connectivity index (χ0v) is 17.1. The van der Waals surface area contributed by atoms with E-state index >= 15 is 0 Å². The number of nitrogens with two attached hydrogens (primary N) is 2. The van der Waals surface area contributed by atoms with Crippen molar-refractivity contribution in [3.63, 3.8) is 0 Å². The van der Waals surface area contributed by atoms with Gasteiger partial charge in [-0.3, -0.25) is 4.90 Å². The zero-order chi connectivity index (χ0) is 20.9. The molecule has 1 fully saturated rings. The highest BCUT2D eigenvalue weighted by Gasteiger charge is 2.18. The van der Waals surface area contributed by atoms with Crippen molar-refractivity contribution in [3.8, 4) is 11.4 Å². The van der Waals surface area contributed by atoms with Gasteiger partial charge in [0.25, 0.3) is 0 Å². The van der Waals surface area contributed by atoms with E-state index in [0.717, 1.165) is 38.4 Å². The maximum Gasteiger partial charge on any atom is 0.225 e. The van der Waals surface area contributed by atoms with E-state index < -0.39 is 0 Å². The smallest absolute Gasteiger partial charge is 0.225 e. The molecule has 158 valence electrons. The second-order valence-corrected chi connectivity index (χ2v) is 7.62. The van der Waals surface area contributed by atoms with Gasteiger partial charge in [0.15, 0.2) is 11.0 Å². The lowest BCUT2D eigenvalue weighted by molar-refractivity contribution is 0.0361. The molecular formula is C18H22FN9OS. The van der Waals surface area contributed by atoms with Gasteiger partial charge in [-0.2, -0.15) is 15.0 Å². The van der Waals surface area contributed by atoms with E-state index in [9.17, 15) is 4.39 Å². The Balaban J connectivity index is 1.55. The Kier molecular flexibility index (Phi) is 6.35. The topological polar surface area (TPSA) is 134 Å². The molecule has 3 aromatic rings. The van der Waals surface area contributed by atoms with Crippen LogP contribution in [0.5, 0.6) is 0 Å². The van der Waals surface area contributed by atoms with Crippen LogP contribution < -0.4 is 11.5 Å². The van der Waals surface area contributed by atoms with Crippen LogP contribution in [-0.4, -0.2) is 67.5 Å². The first-order chi connectivity index (χ1) is 14.6. The number of benzene rings is 1. The number of hydrogen-bond acceptors (Lipinski definition) is 10. The van der Waals surface area contributed by atoms with E-state index in [0.29, 0.717) is 29.1 Å². The van der Waals surface area contributed by atoms with Gasteiger partial charge in [0.2, 0.25) is 11.9 Å². The van der Waals surface area contributed by atoms with Crippen LogP contribution in [0.4, 0.5) is 16.3 Å². The molecular weight excluding hydrogens is 409 g/mol. The molecule has 0 atom stereocenters. The number of anilines is 2. The Bertz CT molecular complexity index is 972. The summed E-state index contributed by atoms with van der Waals surface area (Å²) in [5, 5.41) is 9.40. The molecule has 10 nitrogen and oxygen atoms in total. The molecule has 4 N–H and O–H groups in total. The van der Waals surface area contributed by atoms with Gasteiger partial charge in [0, 0.05) is 31.7 Å². The normalized spacial score (nSPS) is 14.8. The lowest BCUT2D eigenvalue weighted by Crippen LogP contribution is -2.38. The molecule has 12 heteroatoms. The fourth-order valence-electron chi connectivity index (χ4n) is 3.13. The maximum absolute atomic E-state index is 13.4. The summed E-state index contributed by atoms with van der Waals surface area (Å²) in [5.41, 5.74) is 12.1. The van der Waals surface area contributed by atoms with E-state index in [1.54, 1.807) is 12.1 Å². The van der Waals surface area contributed by atoms with Gasteiger partial charge in [-0.15, -0.1) is 10.2 Å². The van der Waals surface area contributed by atoms with E-state index in [1.165, 1.54) is 23.9 Å². The summed E-state index contributed by atoms with van der Waals surface area (Å²) in [6.07, 6.45) is 0. The van der Waals surface area contributed by atoms with Crippen molar-refractivity contribution in [2.75, 3.05) is 44.3 Å². The summed E-state index contributed by atoms with van der Waals surface area (Å²) in [6, 6.07) is 6.23. The van der Waals surface area contributed by atoms with Gasteiger partial charge in [0.05, 0.1) is 19.0 Å². The molecule has 0 unspecified atom stereocenters. The Hall–Kier alpha value is -2.83. The molecule has 1 saturated heterocycles. The van der Waals surface area contributed by atoms with Gasteiger partial charge >= 0.3 is 0 Å². The lowest BCUT2D eigenvalue weighted by Gasteiger charge is -2.27. The first-order valence-electron chi connectivity index (χ1n) is 9.46. The maximum atomic E-state index is 13.4. The third kappa shape index (κ3) is 5.01. The van der Waals surface area contributed by atoms with Crippen molar-refractivity contribution in [3.05, 3.63) is 35.9 Å². The van der Waals surface area contributed by atoms with E-state index in [-0.39, 0.29) is 17.7 Å². The van der Waals surface area contributed by atoms with E-state index in [1.807, 2.05) is 4.57 Å². The molecule has 0 aliphatic carbocycles. The largest absolute Gasteiger partial charge is 0.379 e. The molecule has 0 radical (unpaired) electrons. The van der Waals surface area contributed by atoms with Crippen LogP contribution in [0.25, 0.3) is 11.4 Å². The third-order valence-electron chi connectivity index (χ3n) is 4.61. The van der Waals surface area contributed by atoms with Gasteiger partial charge in [-0.1, -0.05) is 11.8 Å². The summed E-state index contributed by atoms with van der Waals surface area (Å²) >= 11 is 1.43. The average Bonchev–Trinajstić information content (AvgIpc) is 3.14. The number of morpholine rings is 1. The lowest BCUT2D eigenvalue weighted by atomic mass is 10.2. The first-order valence-corrected chi connectivity index (χ1v) is 10.4. The molecule has 0 bridgehead atoms. The Morgan fingerprint density at radius 2 is 1.67 bits per heavy atom. The molecule has 0 saturated carbocycles. The van der Waals surface area contributed by atoms with Crippen LogP contribution in [0, 0.1) is 5.82 Å². The number of thioether (sulfide) groups is 1. The first kappa shape index (κ1) is 20.4. The summed E-state index contributed by atoms with van der Waals surface area (Å²) in [6.45, 7) is 4.76. The molecule has 3 heterocycles. The number of nitrogens with zero attached hydrogens (tertiary/aromatic N) is 7. The average molecular weight is 432 g/mol. The molecule has 2 aromatic heterocycles. The van der Waals surface area contributed by atoms with Crippen molar-refractivity contribution < 1.29 is 9.13 Å². The van der Waals surface area contributed by atoms with Crippen LogP contribution in [0.15, 0.2) is 29.4 Å². The number of ether oxygens (including phenoxy) is 1. The van der Waals surface area contributed by atoms with Crippen LogP contribution >= 0.6 is 11.8 Å². The number of hydrogen-bond donors (Lipinski definition) is 2. The third-order valence-corrected chi connectivity index (χ3v) is 5.57. The highest BCUT2D eigenvalue weighted by molar-refractivity contribution is 7.98. The van der Waals surface area contributed by atoms with Crippen LogP contribution in [0.1, 0.15) is 5.82 Å². The number of rotatable bonds is 7. The summed E-state index contributed by atoms with van der Waals surface area (Å²) in [4.78, 5) is 14.3. The number of halogens is 1. The van der Waals surface area contributed by atoms with Gasteiger partial charge < -0.3 is 20.8 Å². The van der Waals surface area contributed by atoms with E-state index in [4.69, 9.17) is 16.2 Å². The molecule has 0 amide bonds. The van der Waals surface area contributed by atoms with Gasteiger partial charge in [-0.05, 0) is 24.3 Å². The predicted molar refractivity (Wildman–Crippen MR) is 111 cm³/mol. The molecule has 4 rings (SSSR count). The minimum Gasteiger partial charge on any atom is -0.379 e. The van der Waals surface area contributed by atoms with Gasteiger partial charge in [-0.25, -0.2) is 4.39 Å². The molecule has 0 spiro atoms. The van der Waals surface area contributed by atoms with Crippen molar-refractivity contribution in [2.24, 2.45) is 0 Å². The Morgan fingerprint density at radius 1 is 0.967 bits per heavy atom. The SMILES string of the molecule is Nc1nc(N)nc(CSc2nnc(-c3ccc(F)cc3)n2CCN2CCOCC2)n1. The fourth-order valence-corrected chi connectivity index (χ4v) is 3.95. The summed E-state index contributed by atoms with van der Waals surface area (Å²) in [5.74, 6) is 1.43. The van der Waals surface area contributed by atoms with Crippen LogP contribution in [0.2, 0.25) is 0 Å². The second kappa shape index (κ2) is 9.32. The Labute approximate surface area is 176 Å². The highest BCUT2D eigenvalue weighted by Crippen LogP contribution is 2.26. The van der Waals surface area contributed by atoms with Crippen molar-refractivity contribution in [2.45, 2.75) is 17.5 Å². The molecule has 1 aromatic carbocycles.